The first kappa shape index (κ1) is 15.3. The molecule has 0 aromatic carbocycles. The summed E-state index contributed by atoms with van der Waals surface area (Å²) >= 11 is 0. The van der Waals surface area contributed by atoms with E-state index in [1.807, 2.05) is 25.1 Å². The third-order valence-electron chi connectivity index (χ3n) is 1.46. The first-order valence-electron chi connectivity index (χ1n) is 4.39. The summed E-state index contributed by atoms with van der Waals surface area (Å²) < 4.78 is 31.6. The van der Waals surface area contributed by atoms with Crippen molar-refractivity contribution >= 4 is 16.4 Å². The summed E-state index contributed by atoms with van der Waals surface area (Å²) in [6.07, 6.45) is 1.72. The maximum atomic E-state index is 8.74. The Balaban J connectivity index is 0.000000437. The van der Waals surface area contributed by atoms with Crippen molar-refractivity contribution in [3.63, 3.8) is 0 Å². The molecule has 1 rings (SSSR count). The van der Waals surface area contributed by atoms with Crippen molar-refractivity contribution in [3.8, 4) is 0 Å². The molecule has 6 N–H and O–H groups in total. The zero-order valence-electron chi connectivity index (χ0n) is 9.06. The second-order valence-electron chi connectivity index (χ2n) is 2.93. The van der Waals surface area contributed by atoms with Gasteiger partial charge in [-0.3, -0.25) is 14.1 Å². The number of hydrogen-bond donors (Lipinski definition) is 4. The van der Waals surface area contributed by atoms with Gasteiger partial charge < -0.3 is 11.5 Å². The molecule has 17 heavy (non-hydrogen) atoms. The van der Waals surface area contributed by atoms with E-state index in [1.54, 1.807) is 6.20 Å². The Kier molecular flexibility index (Phi) is 6.10. The summed E-state index contributed by atoms with van der Waals surface area (Å²) in [5.41, 5.74) is 11.3. The molecule has 1 unspecified atom stereocenters. The van der Waals surface area contributed by atoms with Crippen LogP contribution < -0.4 is 11.5 Å². The van der Waals surface area contributed by atoms with E-state index in [0.717, 1.165) is 5.69 Å². The molecule has 0 bridgehead atoms. The van der Waals surface area contributed by atoms with E-state index in [9.17, 15) is 0 Å². The topological polar surface area (TPSA) is 152 Å². The number of pyridine rings is 1. The molecule has 0 aliphatic heterocycles. The van der Waals surface area contributed by atoms with E-state index >= 15 is 0 Å². The van der Waals surface area contributed by atoms with Gasteiger partial charge in [0, 0.05) is 6.20 Å². The molecule has 0 saturated heterocycles. The van der Waals surface area contributed by atoms with Crippen molar-refractivity contribution in [1.29, 1.82) is 0 Å². The minimum atomic E-state index is -4.67. The van der Waals surface area contributed by atoms with Gasteiger partial charge in [-0.05, 0) is 19.1 Å². The third kappa shape index (κ3) is 10.6. The van der Waals surface area contributed by atoms with Crippen LogP contribution in [0.15, 0.2) is 29.4 Å². The standard InChI is InChI=1S/C8H12N4.H2O4S/c1-6(12-8(9)10)7-4-2-3-5-11-7;1-5(2,3)4/h2-6H,1H3,(H4,9,10,12);(H2,1,2,3,4). The number of aromatic nitrogens is 1. The highest BCUT2D eigenvalue weighted by Crippen LogP contribution is 2.11. The predicted molar refractivity (Wildman–Crippen MR) is 62.6 cm³/mol. The Hall–Kier alpha value is -1.71. The molecule has 1 aromatic heterocycles. The second kappa shape index (κ2) is 6.78. The van der Waals surface area contributed by atoms with E-state index in [1.165, 1.54) is 0 Å². The molecule has 9 heteroatoms. The van der Waals surface area contributed by atoms with E-state index in [2.05, 4.69) is 9.98 Å². The lowest BCUT2D eigenvalue weighted by Gasteiger charge is -2.04. The Morgan fingerprint density at radius 3 is 2.29 bits per heavy atom. The smallest absolute Gasteiger partial charge is 0.370 e. The van der Waals surface area contributed by atoms with Gasteiger partial charge in [-0.2, -0.15) is 8.42 Å². The maximum Gasteiger partial charge on any atom is 0.394 e. The fourth-order valence-corrected chi connectivity index (χ4v) is 0.913. The van der Waals surface area contributed by atoms with Gasteiger partial charge in [-0.15, -0.1) is 0 Å². The average molecular weight is 262 g/mol. The molecule has 0 aliphatic rings. The molecule has 1 atom stereocenters. The Morgan fingerprint density at radius 1 is 1.41 bits per heavy atom. The highest BCUT2D eigenvalue weighted by Gasteiger charge is 2.02. The van der Waals surface area contributed by atoms with Crippen molar-refractivity contribution < 1.29 is 17.5 Å². The summed E-state index contributed by atoms with van der Waals surface area (Å²) in [6.45, 7) is 1.89. The second-order valence-corrected chi connectivity index (χ2v) is 3.83. The summed E-state index contributed by atoms with van der Waals surface area (Å²) in [4.78, 5) is 8.07. The summed E-state index contributed by atoms with van der Waals surface area (Å²) in [6, 6.07) is 5.57. The lowest BCUT2D eigenvalue weighted by molar-refractivity contribution is 0.381. The molecular weight excluding hydrogens is 248 g/mol. The van der Waals surface area contributed by atoms with Gasteiger partial charge in [0.25, 0.3) is 0 Å². The van der Waals surface area contributed by atoms with Crippen LogP contribution in [0.4, 0.5) is 0 Å². The van der Waals surface area contributed by atoms with Crippen LogP contribution in [0.1, 0.15) is 18.7 Å². The first-order chi connectivity index (χ1) is 7.70. The van der Waals surface area contributed by atoms with Gasteiger partial charge >= 0.3 is 10.4 Å². The number of guanidine groups is 1. The van der Waals surface area contributed by atoms with Crippen LogP contribution in [0.3, 0.4) is 0 Å². The molecule has 0 saturated carbocycles. The van der Waals surface area contributed by atoms with Gasteiger partial charge in [0.15, 0.2) is 5.96 Å². The summed E-state index contributed by atoms with van der Waals surface area (Å²) in [5.74, 6) is 0.0909. The number of nitrogens with two attached hydrogens (primary N) is 2. The molecule has 0 fully saturated rings. The molecular formula is C8H14N4O4S. The highest BCUT2D eigenvalue weighted by atomic mass is 32.3. The number of rotatable bonds is 2. The van der Waals surface area contributed by atoms with Gasteiger partial charge in [0.1, 0.15) is 0 Å². The third-order valence-corrected chi connectivity index (χ3v) is 1.46. The van der Waals surface area contributed by atoms with Crippen LogP contribution in [0.5, 0.6) is 0 Å². The number of hydrogen-bond acceptors (Lipinski definition) is 4. The Morgan fingerprint density at radius 2 is 1.94 bits per heavy atom. The number of nitrogens with zero attached hydrogens (tertiary/aromatic N) is 2. The largest absolute Gasteiger partial charge is 0.394 e. The van der Waals surface area contributed by atoms with Crippen LogP contribution in [0.2, 0.25) is 0 Å². The SMILES string of the molecule is CC(N=C(N)N)c1ccccn1.O=S(=O)(O)O. The molecule has 1 heterocycles. The maximum absolute atomic E-state index is 8.74. The lowest BCUT2D eigenvalue weighted by atomic mass is 10.2. The van der Waals surface area contributed by atoms with E-state index in [4.69, 9.17) is 29.0 Å². The van der Waals surface area contributed by atoms with Gasteiger partial charge in [-0.1, -0.05) is 6.07 Å². The highest BCUT2D eigenvalue weighted by molar-refractivity contribution is 7.79. The molecule has 0 aliphatic carbocycles. The first-order valence-corrected chi connectivity index (χ1v) is 5.79. The van der Waals surface area contributed by atoms with Crippen molar-refractivity contribution in [1.82, 2.24) is 4.98 Å². The van der Waals surface area contributed by atoms with E-state index in [-0.39, 0.29) is 12.0 Å². The summed E-state index contributed by atoms with van der Waals surface area (Å²) in [7, 11) is -4.67. The molecule has 0 amide bonds. The predicted octanol–water partition coefficient (Wildman–Crippen LogP) is -0.237. The molecule has 0 spiro atoms. The van der Waals surface area contributed by atoms with Crippen LogP contribution >= 0.6 is 0 Å². The molecule has 8 nitrogen and oxygen atoms in total. The lowest BCUT2D eigenvalue weighted by Crippen LogP contribution is -2.23. The van der Waals surface area contributed by atoms with Crippen molar-refractivity contribution in [2.24, 2.45) is 16.5 Å². The zero-order valence-corrected chi connectivity index (χ0v) is 9.87. The van der Waals surface area contributed by atoms with Gasteiger partial charge in [0.2, 0.25) is 0 Å². The molecule has 0 radical (unpaired) electrons. The monoisotopic (exact) mass is 262 g/mol. The van der Waals surface area contributed by atoms with Crippen LogP contribution in [-0.2, 0) is 10.4 Å². The Bertz CT molecular complexity index is 448. The van der Waals surface area contributed by atoms with Crippen LogP contribution in [-0.4, -0.2) is 28.5 Å². The van der Waals surface area contributed by atoms with E-state index in [0.29, 0.717) is 0 Å². The normalized spacial score (nSPS) is 11.9. The molecule has 1 aromatic rings. The van der Waals surface area contributed by atoms with E-state index < -0.39 is 10.4 Å². The fourth-order valence-electron chi connectivity index (χ4n) is 0.913. The molecule has 96 valence electrons. The fraction of sp³-hybridized carbons (Fsp3) is 0.250. The van der Waals surface area contributed by atoms with Crippen molar-refractivity contribution in [2.45, 2.75) is 13.0 Å². The summed E-state index contributed by atoms with van der Waals surface area (Å²) in [5, 5.41) is 0. The van der Waals surface area contributed by atoms with Crippen LogP contribution in [0.25, 0.3) is 0 Å². The Labute approximate surface area is 99.0 Å². The number of aliphatic imine (C=N–C) groups is 1. The zero-order chi connectivity index (χ0) is 13.5. The average Bonchev–Trinajstić information content (AvgIpc) is 2.15. The minimum Gasteiger partial charge on any atom is -0.370 e. The minimum absolute atomic E-state index is 0.0730. The van der Waals surface area contributed by atoms with Crippen LogP contribution in [0, 0.1) is 0 Å². The van der Waals surface area contributed by atoms with Crippen molar-refractivity contribution in [3.05, 3.63) is 30.1 Å². The van der Waals surface area contributed by atoms with Gasteiger partial charge in [-0.25, -0.2) is 4.99 Å². The quantitative estimate of drug-likeness (QED) is 0.326. The van der Waals surface area contributed by atoms with Gasteiger partial charge in [0.05, 0.1) is 11.7 Å². The van der Waals surface area contributed by atoms with Crippen molar-refractivity contribution in [2.75, 3.05) is 0 Å².